The topological polar surface area (TPSA) is 40.5 Å². The van der Waals surface area contributed by atoms with Gasteiger partial charge in [-0.1, -0.05) is 0 Å². The van der Waals surface area contributed by atoms with Gasteiger partial charge in [-0.15, -0.1) is 0 Å². The van der Waals surface area contributed by atoms with Crippen LogP contribution >= 0.6 is 0 Å². The van der Waals surface area contributed by atoms with Gasteiger partial charge < -0.3 is 10.0 Å². The Kier molecular flexibility index (Phi) is 0.738. The highest BCUT2D eigenvalue weighted by Crippen LogP contribution is 1.51. The average molecular weight is 60.9 g/mol. The van der Waals surface area contributed by atoms with Crippen LogP contribution in [0.25, 0.3) is 0 Å². The van der Waals surface area contributed by atoms with Crippen LogP contribution in [-0.4, -0.2) is 17.2 Å². The first-order chi connectivity index (χ1) is 2.27. The van der Waals surface area contributed by atoms with E-state index in [2.05, 4.69) is 0 Å². The first kappa shape index (κ1) is 2.24. The van der Waals surface area contributed by atoms with Crippen molar-refractivity contribution in [3.8, 4) is 0 Å². The third-order valence-electron chi connectivity index (χ3n) is 0. The maximum Gasteiger partial charge on any atom is 0.448 e. The minimum atomic E-state index is -1.45. The fourth-order valence-corrected chi connectivity index (χ4v) is 0. The summed E-state index contributed by atoms with van der Waals surface area (Å²) in [7, 11) is -1.45. The zero-order valence-corrected chi connectivity index (χ0v) is 2.18. The van der Waals surface area contributed by atoms with Crippen LogP contribution in [0.4, 0.5) is 0 Å². The molecule has 0 bridgehead atoms. The monoisotopic (exact) mass is 61.0 g/mol. The third kappa shape index (κ3) is 8480. The molecule has 2 N–H and O–H groups in total. The van der Waals surface area contributed by atoms with Gasteiger partial charge in [0.25, 0.3) is 0 Å². The quantitative estimate of drug-likeness (QED) is 0.356. The van der Waals surface area contributed by atoms with Gasteiger partial charge in [0.05, 0.1) is 0 Å². The van der Waals surface area contributed by atoms with Crippen molar-refractivity contribution < 1.29 is 11.4 Å². The van der Waals surface area contributed by atoms with Crippen LogP contribution in [0, 0.1) is 0 Å². The maximum absolute atomic E-state index is 7.73. The van der Waals surface area contributed by atoms with E-state index in [9.17, 15) is 0 Å². The molecule has 0 saturated heterocycles. The van der Waals surface area contributed by atoms with Crippen LogP contribution in [0.3, 0.4) is 0 Å². The summed E-state index contributed by atoms with van der Waals surface area (Å²) in [5.41, 5.74) is 0. The lowest BCUT2D eigenvalue weighted by molar-refractivity contribution is 0.417. The number of hydrogen-bond acceptors (Lipinski definition) is 2. The van der Waals surface area contributed by atoms with Gasteiger partial charge in [-0.25, -0.2) is 0 Å². The second-order valence-corrected chi connectivity index (χ2v) is 0.481. The van der Waals surface area contributed by atoms with Crippen molar-refractivity contribution in [2.75, 3.05) is 0 Å². The second kappa shape index (κ2) is 1.32. The Bertz CT molecular complexity index is 23.6. The molecule has 0 amide bonds. The summed E-state index contributed by atoms with van der Waals surface area (Å²) in [4.78, 5) is 0. The van der Waals surface area contributed by atoms with Crippen LogP contribution < -0.4 is 0 Å². The van der Waals surface area contributed by atoms with E-state index in [1.165, 1.54) is 0 Å². The molecule has 0 rings (SSSR count). The molecule has 4 heavy (non-hydrogen) atoms. The highest BCUT2D eigenvalue weighted by atomic mass is 16.4. The Morgan fingerprint density at radius 2 is 2.25 bits per heavy atom. The number of rotatable bonds is 0. The first-order valence-corrected chi connectivity index (χ1v) is 0.925. The van der Waals surface area contributed by atoms with E-state index in [1.807, 2.05) is 0 Å². The van der Waals surface area contributed by atoms with Crippen molar-refractivity contribution in [1.29, 1.82) is 0 Å². The lowest BCUT2D eigenvalue weighted by atomic mass is 9.99. The molecule has 2 nitrogen and oxygen atoms in total. The molecule has 0 spiro atoms. The Morgan fingerprint density at radius 3 is 2.25 bits per heavy atom. The molecule has 0 radical (unpaired) electrons. The van der Waals surface area contributed by atoms with Crippen molar-refractivity contribution in [1.82, 2.24) is 0 Å². The Morgan fingerprint density at radius 1 is 2.00 bits per heavy atom. The molecular weight excluding hydrogens is 54.8 g/mol. The summed E-state index contributed by atoms with van der Waals surface area (Å²) in [5, 5.41) is 15.5. The highest BCUT2D eigenvalue weighted by Gasteiger charge is 1.86. The molecule has 0 aromatic carbocycles. The molecule has 0 saturated carbocycles. The summed E-state index contributed by atoms with van der Waals surface area (Å²) in [6.45, 7) is -0.333. The summed E-state index contributed by atoms with van der Waals surface area (Å²) in [6.07, 6.45) is 0. The van der Waals surface area contributed by atoms with Crippen LogP contribution in [0.2, 0.25) is 6.80 Å². The van der Waals surface area contributed by atoms with Crippen LogP contribution in [0.5, 0.6) is 0 Å². The van der Waals surface area contributed by atoms with Gasteiger partial charge in [0.2, 0.25) is 0 Å². The summed E-state index contributed by atoms with van der Waals surface area (Å²) < 4.78 is 6.16. The lowest BCUT2D eigenvalue weighted by Gasteiger charge is -1.71. The molecular formula is CH5BO2. The van der Waals surface area contributed by atoms with Gasteiger partial charge in [-0.3, -0.25) is 0 Å². The lowest BCUT2D eigenvalue weighted by Crippen LogP contribution is -2.00. The van der Waals surface area contributed by atoms with Gasteiger partial charge in [-0.2, -0.15) is 0 Å². The number of hydrogen-bond donors (Lipinski definition) is 2. The first-order valence-electron chi connectivity index (χ1n) is 1.63. The predicted molar refractivity (Wildman–Crippen MR) is 16.1 cm³/mol. The van der Waals surface area contributed by atoms with Crippen LogP contribution in [-0.2, 0) is 0 Å². The molecule has 0 aliphatic rings. The molecule has 0 aliphatic heterocycles. The van der Waals surface area contributed by atoms with E-state index in [0.29, 0.717) is 0 Å². The van der Waals surface area contributed by atoms with E-state index in [-0.39, 0.29) is 6.80 Å². The molecule has 0 fully saturated rings. The fraction of sp³-hybridized carbons (Fsp3) is 1.00. The minimum Gasteiger partial charge on any atom is -0.427 e. The summed E-state index contributed by atoms with van der Waals surface area (Å²) in [5.74, 6) is 0. The molecule has 0 heterocycles. The van der Waals surface area contributed by atoms with Gasteiger partial charge in [0, 0.05) is 1.37 Å². The SMILES string of the molecule is [2H]CB(O)O. The minimum absolute atomic E-state index is 0.333. The van der Waals surface area contributed by atoms with Crippen molar-refractivity contribution in [3.63, 3.8) is 0 Å². The van der Waals surface area contributed by atoms with E-state index in [4.69, 9.17) is 11.4 Å². The van der Waals surface area contributed by atoms with Gasteiger partial charge in [0.1, 0.15) is 0 Å². The zero-order valence-electron chi connectivity index (χ0n) is 3.18. The fourth-order valence-electron chi connectivity index (χ4n) is 0. The molecule has 0 aromatic heterocycles. The third-order valence-corrected chi connectivity index (χ3v) is 0. The second-order valence-electron chi connectivity index (χ2n) is 0.481. The Labute approximate surface area is 26.6 Å². The van der Waals surface area contributed by atoms with Gasteiger partial charge >= 0.3 is 7.12 Å². The predicted octanol–water partition coefficient (Wildman–Crippen LogP) is -0.911. The standard InChI is InChI=1S/CH5BO2/c1-2(3)4/h3-4H,1H3/i1D. The molecule has 24 valence electrons. The largest absolute Gasteiger partial charge is 0.448 e. The normalized spacial score (nSPS) is 10.0. The van der Waals surface area contributed by atoms with E-state index < -0.39 is 7.12 Å². The smallest absolute Gasteiger partial charge is 0.427 e. The van der Waals surface area contributed by atoms with E-state index in [1.54, 1.807) is 0 Å². The van der Waals surface area contributed by atoms with E-state index in [0.717, 1.165) is 0 Å². The highest BCUT2D eigenvalue weighted by molar-refractivity contribution is 6.38. The molecule has 0 aromatic rings. The molecule has 0 unspecified atom stereocenters. The molecule has 0 aliphatic carbocycles. The van der Waals surface area contributed by atoms with Crippen molar-refractivity contribution in [3.05, 3.63) is 0 Å². The Balaban J connectivity index is 2.54. The Hall–Kier alpha value is -0.0151. The molecule has 0 atom stereocenters. The molecule has 3 heteroatoms. The van der Waals surface area contributed by atoms with E-state index >= 15 is 0 Å². The van der Waals surface area contributed by atoms with Crippen LogP contribution in [0.15, 0.2) is 0 Å². The van der Waals surface area contributed by atoms with Crippen molar-refractivity contribution in [2.24, 2.45) is 0 Å². The van der Waals surface area contributed by atoms with Gasteiger partial charge in [-0.05, 0) is 6.80 Å². The summed E-state index contributed by atoms with van der Waals surface area (Å²) in [6, 6.07) is 0. The maximum atomic E-state index is 7.73. The average Bonchev–Trinajstić information content (AvgIpc) is 1.38. The summed E-state index contributed by atoms with van der Waals surface area (Å²) >= 11 is 0. The van der Waals surface area contributed by atoms with Crippen molar-refractivity contribution >= 4 is 7.12 Å². The van der Waals surface area contributed by atoms with Crippen LogP contribution in [0.1, 0.15) is 1.37 Å². The van der Waals surface area contributed by atoms with Gasteiger partial charge in [0.15, 0.2) is 0 Å². The van der Waals surface area contributed by atoms with Crippen molar-refractivity contribution in [2.45, 2.75) is 6.80 Å². The zero-order chi connectivity index (χ0) is 4.28.